The van der Waals surface area contributed by atoms with E-state index in [2.05, 4.69) is 10.3 Å². The molecule has 1 rings (SSSR count). The molecule has 8 heteroatoms. The molecule has 1 atom stereocenters. The number of alkyl halides is 3. The summed E-state index contributed by atoms with van der Waals surface area (Å²) in [7, 11) is 0. The molecule has 108 valence electrons. The van der Waals surface area contributed by atoms with Crippen LogP contribution in [0.5, 0.6) is 0 Å². The Kier molecular flexibility index (Phi) is 4.55. The van der Waals surface area contributed by atoms with Crippen molar-refractivity contribution in [2.24, 2.45) is 5.92 Å². The fourth-order valence-corrected chi connectivity index (χ4v) is 1.48. The number of carboxylic acids is 1. The minimum atomic E-state index is -4.67. The molecular formula is C12H12F3N3O2. The van der Waals surface area contributed by atoms with Gasteiger partial charge in [-0.1, -0.05) is 13.8 Å². The second-order valence-electron chi connectivity index (χ2n) is 4.41. The predicted molar refractivity (Wildman–Crippen MR) is 63.8 cm³/mol. The molecule has 0 aromatic carbocycles. The third-order valence-electron chi connectivity index (χ3n) is 2.53. The van der Waals surface area contributed by atoms with Crippen LogP contribution in [0, 0.1) is 17.2 Å². The van der Waals surface area contributed by atoms with Gasteiger partial charge in [-0.2, -0.15) is 18.4 Å². The standard InChI is InChI=1S/C12H12F3N3O2/c1-6(2)9(11(19)20)18-10-7(5-16)3-4-8(17-10)12(13,14)15/h3-4,6,9H,1-2H3,(H,17,18)(H,19,20)/t9-/m1/s1. The highest BCUT2D eigenvalue weighted by molar-refractivity contribution is 5.77. The zero-order chi connectivity index (χ0) is 15.5. The number of carbonyl (C=O) groups is 1. The molecule has 0 spiro atoms. The molecule has 1 aromatic rings. The number of hydrogen-bond acceptors (Lipinski definition) is 4. The number of carboxylic acid groups (broad SMARTS) is 1. The predicted octanol–water partition coefficient (Wildman–Crippen LogP) is 2.49. The summed E-state index contributed by atoms with van der Waals surface area (Å²) in [5, 5.41) is 20.2. The highest BCUT2D eigenvalue weighted by atomic mass is 19.4. The van der Waals surface area contributed by atoms with Crippen molar-refractivity contribution in [1.29, 1.82) is 5.26 Å². The Balaban J connectivity index is 3.22. The molecule has 0 bridgehead atoms. The Labute approximate surface area is 113 Å². The lowest BCUT2D eigenvalue weighted by atomic mass is 10.0. The lowest BCUT2D eigenvalue weighted by molar-refractivity contribution is -0.141. The molecule has 0 aliphatic heterocycles. The summed E-state index contributed by atoms with van der Waals surface area (Å²) in [4.78, 5) is 14.3. The summed E-state index contributed by atoms with van der Waals surface area (Å²) >= 11 is 0. The Morgan fingerprint density at radius 1 is 1.45 bits per heavy atom. The lowest BCUT2D eigenvalue weighted by Crippen LogP contribution is -2.35. The zero-order valence-electron chi connectivity index (χ0n) is 10.7. The smallest absolute Gasteiger partial charge is 0.433 e. The molecule has 0 saturated heterocycles. The number of anilines is 1. The Morgan fingerprint density at radius 3 is 2.45 bits per heavy atom. The molecule has 1 aromatic heterocycles. The minimum Gasteiger partial charge on any atom is -0.480 e. The van der Waals surface area contributed by atoms with Gasteiger partial charge in [-0.3, -0.25) is 0 Å². The van der Waals surface area contributed by atoms with E-state index in [1.165, 1.54) is 0 Å². The van der Waals surface area contributed by atoms with E-state index in [4.69, 9.17) is 10.4 Å². The van der Waals surface area contributed by atoms with Gasteiger partial charge in [0.25, 0.3) is 0 Å². The van der Waals surface area contributed by atoms with Crippen LogP contribution >= 0.6 is 0 Å². The number of aliphatic carboxylic acids is 1. The van der Waals surface area contributed by atoms with Crippen LogP contribution in [0.1, 0.15) is 25.1 Å². The Bertz CT molecular complexity index is 550. The van der Waals surface area contributed by atoms with E-state index >= 15 is 0 Å². The van der Waals surface area contributed by atoms with Crippen molar-refractivity contribution < 1.29 is 23.1 Å². The molecule has 20 heavy (non-hydrogen) atoms. The van der Waals surface area contributed by atoms with Crippen molar-refractivity contribution in [2.45, 2.75) is 26.1 Å². The quantitative estimate of drug-likeness (QED) is 0.888. The molecule has 0 amide bonds. The van der Waals surface area contributed by atoms with Crippen LogP contribution in [-0.2, 0) is 11.0 Å². The van der Waals surface area contributed by atoms with Gasteiger partial charge in [0, 0.05) is 0 Å². The van der Waals surface area contributed by atoms with Crippen LogP contribution in [0.15, 0.2) is 12.1 Å². The van der Waals surface area contributed by atoms with Crippen LogP contribution in [0.4, 0.5) is 19.0 Å². The van der Waals surface area contributed by atoms with Crippen LogP contribution in [0.3, 0.4) is 0 Å². The first-order chi connectivity index (χ1) is 9.16. The molecule has 1 heterocycles. The third kappa shape index (κ3) is 3.60. The summed E-state index contributed by atoms with van der Waals surface area (Å²) in [6.07, 6.45) is -4.67. The number of nitrogens with zero attached hydrogens (tertiary/aromatic N) is 2. The Morgan fingerprint density at radius 2 is 2.05 bits per heavy atom. The topological polar surface area (TPSA) is 86.0 Å². The molecular weight excluding hydrogens is 275 g/mol. The molecule has 0 aliphatic carbocycles. The first-order valence-corrected chi connectivity index (χ1v) is 5.64. The SMILES string of the molecule is CC(C)[C@@H](Nc1nc(C(F)(F)F)ccc1C#N)C(=O)O. The van der Waals surface area contributed by atoms with Crippen LogP contribution in [0.25, 0.3) is 0 Å². The number of halogens is 3. The summed E-state index contributed by atoms with van der Waals surface area (Å²) in [5.74, 6) is -2.01. The fraction of sp³-hybridized carbons (Fsp3) is 0.417. The van der Waals surface area contributed by atoms with Gasteiger partial charge in [0.2, 0.25) is 0 Å². The van der Waals surface area contributed by atoms with Gasteiger partial charge < -0.3 is 10.4 Å². The maximum absolute atomic E-state index is 12.6. The van der Waals surface area contributed by atoms with Crippen LogP contribution < -0.4 is 5.32 Å². The highest BCUT2D eigenvalue weighted by Gasteiger charge is 2.33. The summed E-state index contributed by atoms with van der Waals surface area (Å²) < 4.78 is 37.7. The average Bonchev–Trinajstić information content (AvgIpc) is 2.33. The molecule has 0 fully saturated rings. The number of nitrogens with one attached hydrogen (secondary N) is 1. The molecule has 5 nitrogen and oxygen atoms in total. The average molecular weight is 287 g/mol. The van der Waals surface area contributed by atoms with E-state index < -0.39 is 29.8 Å². The summed E-state index contributed by atoms with van der Waals surface area (Å²) in [6.45, 7) is 3.18. The van der Waals surface area contributed by atoms with Gasteiger partial charge in [-0.15, -0.1) is 0 Å². The Hall–Kier alpha value is -2.30. The van der Waals surface area contributed by atoms with E-state index in [1.54, 1.807) is 19.9 Å². The van der Waals surface area contributed by atoms with Crippen molar-refractivity contribution >= 4 is 11.8 Å². The highest BCUT2D eigenvalue weighted by Crippen LogP contribution is 2.29. The van der Waals surface area contributed by atoms with Gasteiger partial charge >= 0.3 is 12.1 Å². The second-order valence-corrected chi connectivity index (χ2v) is 4.41. The van der Waals surface area contributed by atoms with Crippen molar-refractivity contribution in [1.82, 2.24) is 4.98 Å². The van der Waals surface area contributed by atoms with Gasteiger partial charge in [0.05, 0.1) is 5.56 Å². The maximum atomic E-state index is 12.6. The van der Waals surface area contributed by atoms with Crippen molar-refractivity contribution in [3.05, 3.63) is 23.4 Å². The second kappa shape index (κ2) is 5.77. The van der Waals surface area contributed by atoms with E-state index in [9.17, 15) is 18.0 Å². The molecule has 0 saturated carbocycles. The van der Waals surface area contributed by atoms with Gasteiger partial charge in [0.15, 0.2) is 0 Å². The zero-order valence-corrected chi connectivity index (χ0v) is 10.7. The molecule has 0 aliphatic rings. The number of aromatic nitrogens is 1. The fourth-order valence-electron chi connectivity index (χ4n) is 1.48. The molecule has 2 N–H and O–H groups in total. The number of rotatable bonds is 4. The summed E-state index contributed by atoms with van der Waals surface area (Å²) in [6, 6.07) is 2.16. The number of nitriles is 1. The van der Waals surface area contributed by atoms with Crippen LogP contribution in [-0.4, -0.2) is 22.1 Å². The lowest BCUT2D eigenvalue weighted by Gasteiger charge is -2.19. The molecule has 0 unspecified atom stereocenters. The van der Waals surface area contributed by atoms with E-state index in [-0.39, 0.29) is 11.4 Å². The van der Waals surface area contributed by atoms with Gasteiger partial charge in [-0.05, 0) is 18.1 Å². The van der Waals surface area contributed by atoms with Crippen molar-refractivity contribution in [3.8, 4) is 6.07 Å². The van der Waals surface area contributed by atoms with E-state index in [1.807, 2.05) is 0 Å². The van der Waals surface area contributed by atoms with E-state index in [0.29, 0.717) is 6.07 Å². The first-order valence-electron chi connectivity index (χ1n) is 5.64. The monoisotopic (exact) mass is 287 g/mol. The number of hydrogen-bond donors (Lipinski definition) is 2. The van der Waals surface area contributed by atoms with Crippen molar-refractivity contribution in [3.63, 3.8) is 0 Å². The number of pyridine rings is 1. The van der Waals surface area contributed by atoms with Crippen molar-refractivity contribution in [2.75, 3.05) is 5.32 Å². The van der Waals surface area contributed by atoms with Crippen LogP contribution in [0.2, 0.25) is 0 Å². The summed E-state index contributed by atoms with van der Waals surface area (Å²) in [5.41, 5.74) is -1.34. The minimum absolute atomic E-state index is 0.148. The van der Waals surface area contributed by atoms with E-state index in [0.717, 1.165) is 6.07 Å². The first kappa shape index (κ1) is 15.8. The van der Waals surface area contributed by atoms with Gasteiger partial charge in [0.1, 0.15) is 23.6 Å². The maximum Gasteiger partial charge on any atom is 0.433 e. The third-order valence-corrected chi connectivity index (χ3v) is 2.53. The molecule has 0 radical (unpaired) electrons. The van der Waals surface area contributed by atoms with Gasteiger partial charge in [-0.25, -0.2) is 9.78 Å². The normalized spacial score (nSPS) is 12.8. The largest absolute Gasteiger partial charge is 0.480 e.